The van der Waals surface area contributed by atoms with Gasteiger partial charge in [-0.2, -0.15) is 0 Å². The molecule has 0 aliphatic rings. The summed E-state index contributed by atoms with van der Waals surface area (Å²) in [5.74, 6) is -0.536. The second-order valence-electron chi connectivity index (χ2n) is 4.53. The number of pyridine rings is 1. The van der Waals surface area contributed by atoms with Gasteiger partial charge in [-0.1, -0.05) is 11.3 Å². The van der Waals surface area contributed by atoms with Gasteiger partial charge in [0, 0.05) is 6.20 Å². The molecule has 0 fully saturated rings. The van der Waals surface area contributed by atoms with Crippen molar-refractivity contribution in [2.24, 2.45) is 0 Å². The number of rotatable bonds is 3. The molecule has 1 unspecified atom stereocenters. The highest BCUT2D eigenvalue weighted by Gasteiger charge is 2.15. The van der Waals surface area contributed by atoms with Crippen molar-refractivity contribution in [2.45, 2.75) is 19.6 Å². The van der Waals surface area contributed by atoms with E-state index in [-0.39, 0.29) is 6.54 Å². The van der Waals surface area contributed by atoms with Gasteiger partial charge in [0.2, 0.25) is 0 Å². The summed E-state index contributed by atoms with van der Waals surface area (Å²) in [6.45, 7) is 1.35. The largest absolute Gasteiger partial charge is 0.387 e. The monoisotopic (exact) mass is 288 g/mol. The third-order valence-corrected chi connectivity index (χ3v) is 2.95. The van der Waals surface area contributed by atoms with Gasteiger partial charge >= 0.3 is 5.69 Å². The van der Waals surface area contributed by atoms with Crippen molar-refractivity contribution in [3.63, 3.8) is 0 Å². The predicted octanol–water partition coefficient (Wildman–Crippen LogP) is -0.519. The molecule has 3 heterocycles. The first-order chi connectivity index (χ1) is 10.1. The van der Waals surface area contributed by atoms with Crippen LogP contribution in [0.5, 0.6) is 0 Å². The Morgan fingerprint density at radius 1 is 1.43 bits per heavy atom. The number of aliphatic hydroxyl groups excluding tert-OH is 1. The Labute approximate surface area is 118 Å². The lowest BCUT2D eigenvalue weighted by Gasteiger charge is -1.98. The summed E-state index contributed by atoms with van der Waals surface area (Å²) in [6.07, 6.45) is 2.21. The van der Waals surface area contributed by atoms with E-state index < -0.39 is 17.7 Å². The fraction of sp³-hybridized carbons (Fsp3) is 0.250. The zero-order valence-corrected chi connectivity index (χ0v) is 11.1. The summed E-state index contributed by atoms with van der Waals surface area (Å²) >= 11 is 0. The van der Waals surface area contributed by atoms with Gasteiger partial charge < -0.3 is 5.11 Å². The quantitative estimate of drug-likeness (QED) is 0.695. The minimum absolute atomic E-state index is 0.191. The Kier molecular flexibility index (Phi) is 3.10. The molecule has 21 heavy (non-hydrogen) atoms. The molecule has 108 valence electrons. The SMILES string of the molecule is CC(O)c1cn(CC(=O)n2nc3ccccn3c2=O)nn1. The van der Waals surface area contributed by atoms with Gasteiger partial charge in [-0.15, -0.1) is 14.9 Å². The van der Waals surface area contributed by atoms with Crippen molar-refractivity contribution in [3.8, 4) is 0 Å². The summed E-state index contributed by atoms with van der Waals surface area (Å²) in [4.78, 5) is 24.2. The van der Waals surface area contributed by atoms with Crippen LogP contribution >= 0.6 is 0 Å². The molecule has 3 aromatic rings. The second kappa shape index (κ2) is 4.94. The number of hydrogen-bond donors (Lipinski definition) is 1. The molecule has 3 rings (SSSR count). The first kappa shape index (κ1) is 13.2. The molecule has 0 aromatic carbocycles. The smallest absolute Gasteiger partial charge is 0.357 e. The van der Waals surface area contributed by atoms with E-state index in [2.05, 4.69) is 15.4 Å². The summed E-state index contributed by atoms with van der Waals surface area (Å²) in [7, 11) is 0. The molecule has 9 heteroatoms. The Hall–Kier alpha value is -2.81. The molecule has 0 aliphatic carbocycles. The van der Waals surface area contributed by atoms with Crippen LogP contribution in [-0.4, -0.2) is 40.2 Å². The van der Waals surface area contributed by atoms with E-state index in [1.807, 2.05) is 0 Å². The third-order valence-electron chi connectivity index (χ3n) is 2.95. The highest BCUT2D eigenvalue weighted by atomic mass is 16.3. The first-order valence-corrected chi connectivity index (χ1v) is 6.24. The normalized spacial score (nSPS) is 12.7. The molecule has 1 atom stereocenters. The molecule has 0 bridgehead atoms. The maximum Gasteiger partial charge on any atom is 0.357 e. The minimum Gasteiger partial charge on any atom is -0.387 e. The maximum atomic E-state index is 12.1. The molecule has 0 amide bonds. The van der Waals surface area contributed by atoms with E-state index in [1.165, 1.54) is 21.5 Å². The van der Waals surface area contributed by atoms with Crippen molar-refractivity contribution >= 4 is 11.6 Å². The maximum absolute atomic E-state index is 12.1. The van der Waals surface area contributed by atoms with Crippen LogP contribution in [0, 0.1) is 0 Å². The average Bonchev–Trinajstić information content (AvgIpc) is 3.05. The summed E-state index contributed by atoms with van der Waals surface area (Å²) < 4.78 is 3.32. The van der Waals surface area contributed by atoms with Gasteiger partial charge in [-0.3, -0.25) is 4.79 Å². The lowest BCUT2D eigenvalue weighted by atomic mass is 10.3. The fourth-order valence-corrected chi connectivity index (χ4v) is 1.87. The van der Waals surface area contributed by atoms with E-state index in [4.69, 9.17) is 0 Å². The van der Waals surface area contributed by atoms with Crippen molar-refractivity contribution in [1.29, 1.82) is 0 Å². The number of fused-ring (bicyclic) bond motifs is 1. The van der Waals surface area contributed by atoms with Gasteiger partial charge in [0.1, 0.15) is 12.2 Å². The van der Waals surface area contributed by atoms with Gasteiger partial charge in [-0.25, -0.2) is 13.9 Å². The van der Waals surface area contributed by atoms with Gasteiger partial charge in [0.05, 0.1) is 12.3 Å². The van der Waals surface area contributed by atoms with Crippen LogP contribution in [0.2, 0.25) is 0 Å². The molecular formula is C12H12N6O3. The van der Waals surface area contributed by atoms with Crippen LogP contribution in [0.25, 0.3) is 5.65 Å². The first-order valence-electron chi connectivity index (χ1n) is 6.24. The number of hydrogen-bond acceptors (Lipinski definition) is 6. The number of aliphatic hydroxyl groups is 1. The number of nitrogens with zero attached hydrogens (tertiary/aromatic N) is 6. The van der Waals surface area contributed by atoms with Crippen LogP contribution in [0.15, 0.2) is 35.4 Å². The molecule has 0 saturated heterocycles. The fourth-order valence-electron chi connectivity index (χ4n) is 1.87. The second-order valence-corrected chi connectivity index (χ2v) is 4.53. The molecule has 0 aliphatic heterocycles. The number of aromatic nitrogens is 6. The zero-order chi connectivity index (χ0) is 15.0. The van der Waals surface area contributed by atoms with Crippen LogP contribution in [0.3, 0.4) is 0 Å². The van der Waals surface area contributed by atoms with Gasteiger partial charge in [0.25, 0.3) is 5.91 Å². The standard InChI is InChI=1S/C12H12N6O3/c1-8(19)9-6-16(15-13-9)7-11(20)18-12(21)17-5-3-2-4-10(17)14-18/h2-6,8,19H,7H2,1H3. The highest BCUT2D eigenvalue weighted by molar-refractivity contribution is 5.77. The Morgan fingerprint density at radius 2 is 2.24 bits per heavy atom. The van der Waals surface area contributed by atoms with Gasteiger partial charge in [-0.05, 0) is 19.1 Å². The summed E-state index contributed by atoms with van der Waals surface area (Å²) in [5.41, 5.74) is 0.204. The Morgan fingerprint density at radius 3 is 2.90 bits per heavy atom. The van der Waals surface area contributed by atoms with Crippen molar-refractivity contribution < 1.29 is 9.90 Å². The summed E-state index contributed by atoms with van der Waals surface area (Å²) in [5, 5.41) is 20.8. The lowest BCUT2D eigenvalue weighted by Crippen LogP contribution is -2.30. The molecule has 0 saturated carbocycles. The molecule has 9 nitrogen and oxygen atoms in total. The van der Waals surface area contributed by atoms with E-state index in [0.717, 1.165) is 4.68 Å². The topological polar surface area (TPSA) is 107 Å². The van der Waals surface area contributed by atoms with Crippen molar-refractivity contribution in [2.75, 3.05) is 0 Å². The summed E-state index contributed by atoms with van der Waals surface area (Å²) in [6, 6.07) is 5.03. The van der Waals surface area contributed by atoms with E-state index in [1.54, 1.807) is 25.1 Å². The van der Waals surface area contributed by atoms with Crippen LogP contribution in [-0.2, 0) is 6.54 Å². The molecular weight excluding hydrogens is 276 g/mol. The van der Waals surface area contributed by atoms with Gasteiger partial charge in [0.15, 0.2) is 5.65 Å². The Bertz CT molecular complexity index is 859. The van der Waals surface area contributed by atoms with Crippen molar-refractivity contribution in [3.05, 3.63) is 46.8 Å². The Balaban J connectivity index is 1.90. The van der Waals surface area contributed by atoms with E-state index in [9.17, 15) is 14.7 Å². The van der Waals surface area contributed by atoms with Crippen LogP contribution in [0.1, 0.15) is 23.5 Å². The number of carbonyl (C=O) groups excluding carboxylic acids is 1. The molecule has 0 spiro atoms. The van der Waals surface area contributed by atoms with Crippen LogP contribution < -0.4 is 5.69 Å². The van der Waals surface area contributed by atoms with E-state index in [0.29, 0.717) is 11.3 Å². The highest BCUT2D eigenvalue weighted by Crippen LogP contribution is 2.06. The van der Waals surface area contributed by atoms with Crippen LogP contribution in [0.4, 0.5) is 0 Å². The number of carbonyl (C=O) groups is 1. The molecule has 0 radical (unpaired) electrons. The average molecular weight is 288 g/mol. The van der Waals surface area contributed by atoms with E-state index >= 15 is 0 Å². The molecule has 3 aromatic heterocycles. The minimum atomic E-state index is -0.772. The lowest BCUT2D eigenvalue weighted by molar-refractivity contribution is 0.0865. The zero-order valence-electron chi connectivity index (χ0n) is 11.1. The van der Waals surface area contributed by atoms with Crippen molar-refractivity contribution in [1.82, 2.24) is 29.2 Å². The third kappa shape index (κ3) is 2.34. The predicted molar refractivity (Wildman–Crippen MR) is 70.7 cm³/mol. The molecule has 1 N–H and O–H groups in total.